The first-order valence-electron chi connectivity index (χ1n) is 12.7. The third kappa shape index (κ3) is 11.2. The summed E-state index contributed by atoms with van der Waals surface area (Å²) in [5.74, 6) is 2.67. The van der Waals surface area contributed by atoms with Crippen molar-refractivity contribution in [2.24, 2.45) is 5.92 Å². The molecule has 0 radical (unpaired) electrons. The Morgan fingerprint density at radius 2 is 1.58 bits per heavy atom. The summed E-state index contributed by atoms with van der Waals surface area (Å²) in [6.45, 7) is 10.9. The largest absolute Gasteiger partial charge is 0.486 e. The highest BCUT2D eigenvalue weighted by Gasteiger charge is 2.25. The van der Waals surface area contributed by atoms with Crippen molar-refractivity contribution in [2.75, 3.05) is 32.9 Å². The fourth-order valence-corrected chi connectivity index (χ4v) is 3.87. The summed E-state index contributed by atoms with van der Waals surface area (Å²) in [6.07, 6.45) is 13.4. The normalized spacial score (nSPS) is 19.3. The molecule has 2 N–H and O–H groups in total. The highest BCUT2D eigenvalue weighted by atomic mass is 16.6. The average molecular weight is 435 g/mol. The molecule has 5 heteroatoms. The van der Waals surface area contributed by atoms with Gasteiger partial charge in [-0.25, -0.2) is 0 Å². The van der Waals surface area contributed by atoms with Crippen LogP contribution in [0.5, 0.6) is 11.5 Å². The summed E-state index contributed by atoms with van der Waals surface area (Å²) in [5.41, 5.74) is 7.87. The molecule has 5 nitrogen and oxygen atoms in total. The molecule has 0 amide bonds. The lowest BCUT2D eigenvalue weighted by Crippen LogP contribution is -2.34. The minimum Gasteiger partial charge on any atom is -0.486 e. The molecule has 0 bridgehead atoms. The Morgan fingerprint density at radius 3 is 2.32 bits per heavy atom. The van der Waals surface area contributed by atoms with E-state index >= 15 is 0 Å². The van der Waals surface area contributed by atoms with E-state index in [9.17, 15) is 0 Å². The summed E-state index contributed by atoms with van der Waals surface area (Å²) >= 11 is 0. The monoisotopic (exact) mass is 434 g/mol. The van der Waals surface area contributed by atoms with E-state index in [0.29, 0.717) is 19.3 Å². The van der Waals surface area contributed by atoms with Gasteiger partial charge in [-0.2, -0.15) is 0 Å². The second-order valence-electron chi connectivity index (χ2n) is 8.92. The minimum atomic E-state index is 0.611. The third-order valence-electron chi connectivity index (χ3n) is 5.81. The number of ether oxygens (including phenoxy) is 3. The van der Waals surface area contributed by atoms with Gasteiger partial charge in [0.15, 0.2) is 11.5 Å². The van der Waals surface area contributed by atoms with E-state index in [4.69, 9.17) is 14.2 Å². The molecule has 31 heavy (non-hydrogen) atoms. The van der Waals surface area contributed by atoms with Crippen molar-refractivity contribution in [3.63, 3.8) is 0 Å². The van der Waals surface area contributed by atoms with Gasteiger partial charge in [-0.15, -0.1) is 0 Å². The standard InChI is InChI=1S/C18H30N2O2.C8H16O/c1-2-3-4-5-6-7-11-19-20-12-10-16-8-9-17-18(15-16)22-14-13-21-17;1-3-4-9-8-5-7(2)6-8/h8-9,15,19-20H,2-7,10-14H2,1H3;7-8H,3-6H2,1-2H3. The van der Waals surface area contributed by atoms with Gasteiger partial charge < -0.3 is 14.2 Å². The molecule has 0 spiro atoms. The molecule has 1 heterocycles. The molecular weight excluding hydrogens is 388 g/mol. The Hall–Kier alpha value is -1.30. The van der Waals surface area contributed by atoms with Gasteiger partial charge >= 0.3 is 0 Å². The van der Waals surface area contributed by atoms with Crippen LogP contribution in [0.4, 0.5) is 0 Å². The smallest absolute Gasteiger partial charge is 0.161 e. The van der Waals surface area contributed by atoms with Crippen molar-refractivity contribution in [2.45, 2.75) is 91.1 Å². The predicted octanol–water partition coefficient (Wildman–Crippen LogP) is 5.67. The molecular formula is C26H46N2O3. The Balaban J connectivity index is 0.000000316. The van der Waals surface area contributed by atoms with Gasteiger partial charge in [0.05, 0.1) is 6.10 Å². The summed E-state index contributed by atoms with van der Waals surface area (Å²) in [5, 5.41) is 0. The van der Waals surface area contributed by atoms with Gasteiger partial charge in [-0.3, -0.25) is 10.9 Å². The third-order valence-corrected chi connectivity index (χ3v) is 5.81. The van der Waals surface area contributed by atoms with E-state index in [-0.39, 0.29) is 0 Å². The quantitative estimate of drug-likeness (QED) is 0.292. The highest BCUT2D eigenvalue weighted by molar-refractivity contribution is 5.43. The number of benzene rings is 1. The Kier molecular flexibility index (Phi) is 13.7. The van der Waals surface area contributed by atoms with Gasteiger partial charge in [-0.05, 0) is 55.7 Å². The van der Waals surface area contributed by atoms with Gasteiger partial charge in [0.1, 0.15) is 13.2 Å². The zero-order valence-electron chi connectivity index (χ0n) is 20.2. The fourth-order valence-electron chi connectivity index (χ4n) is 3.87. The zero-order valence-corrected chi connectivity index (χ0v) is 20.2. The maximum absolute atomic E-state index is 5.60. The van der Waals surface area contributed by atoms with E-state index in [1.807, 2.05) is 6.07 Å². The van der Waals surface area contributed by atoms with Crippen LogP contribution in [0.2, 0.25) is 0 Å². The maximum Gasteiger partial charge on any atom is 0.161 e. The van der Waals surface area contributed by atoms with Crippen molar-refractivity contribution >= 4 is 0 Å². The van der Waals surface area contributed by atoms with Crippen LogP contribution in [0.25, 0.3) is 0 Å². The van der Waals surface area contributed by atoms with Crippen molar-refractivity contribution in [3.05, 3.63) is 23.8 Å². The number of hydrogen-bond acceptors (Lipinski definition) is 5. The van der Waals surface area contributed by atoms with Crippen LogP contribution in [-0.4, -0.2) is 39.0 Å². The molecule has 1 saturated carbocycles. The molecule has 1 fully saturated rings. The number of hydrazine groups is 1. The number of fused-ring (bicyclic) bond motifs is 1. The summed E-state index contributed by atoms with van der Waals surface area (Å²) in [7, 11) is 0. The molecule has 3 rings (SSSR count). The molecule has 1 aromatic carbocycles. The first kappa shape index (κ1) is 26.0. The molecule has 2 aliphatic rings. The number of rotatable bonds is 14. The first-order chi connectivity index (χ1) is 15.2. The molecule has 0 aromatic heterocycles. The van der Waals surface area contributed by atoms with E-state index in [2.05, 4.69) is 43.8 Å². The van der Waals surface area contributed by atoms with Crippen LogP contribution in [0, 0.1) is 5.92 Å². The van der Waals surface area contributed by atoms with Crippen LogP contribution < -0.4 is 20.3 Å². The van der Waals surface area contributed by atoms with E-state index in [1.54, 1.807) is 0 Å². The number of nitrogens with one attached hydrogen (secondary N) is 2. The lowest BCUT2D eigenvalue weighted by atomic mass is 9.84. The lowest BCUT2D eigenvalue weighted by Gasteiger charge is -2.32. The Bertz CT molecular complexity index is 576. The summed E-state index contributed by atoms with van der Waals surface area (Å²) in [6, 6.07) is 6.21. The molecule has 0 unspecified atom stereocenters. The van der Waals surface area contributed by atoms with Gasteiger partial charge in [0.2, 0.25) is 0 Å². The molecule has 0 saturated heterocycles. The van der Waals surface area contributed by atoms with Crippen LogP contribution >= 0.6 is 0 Å². The predicted molar refractivity (Wildman–Crippen MR) is 129 cm³/mol. The van der Waals surface area contributed by atoms with E-state index < -0.39 is 0 Å². The SMILES string of the molecule is CCCCCCCCNNCCc1ccc2c(c1)OCCO2.CCCOC1CC(C)C1. The van der Waals surface area contributed by atoms with Crippen LogP contribution in [-0.2, 0) is 11.2 Å². The van der Waals surface area contributed by atoms with Gasteiger partial charge in [0.25, 0.3) is 0 Å². The van der Waals surface area contributed by atoms with Crippen LogP contribution in [0.1, 0.15) is 84.1 Å². The first-order valence-corrected chi connectivity index (χ1v) is 12.7. The molecule has 1 aliphatic heterocycles. The van der Waals surface area contributed by atoms with E-state index in [0.717, 1.165) is 50.0 Å². The van der Waals surface area contributed by atoms with Crippen molar-refractivity contribution < 1.29 is 14.2 Å². The fraction of sp³-hybridized carbons (Fsp3) is 0.769. The highest BCUT2D eigenvalue weighted by Crippen LogP contribution is 2.31. The van der Waals surface area contributed by atoms with Crippen LogP contribution in [0.15, 0.2) is 18.2 Å². The summed E-state index contributed by atoms with van der Waals surface area (Å²) in [4.78, 5) is 0. The topological polar surface area (TPSA) is 51.8 Å². The molecule has 1 aromatic rings. The van der Waals surface area contributed by atoms with Gasteiger partial charge in [-0.1, -0.05) is 58.9 Å². The van der Waals surface area contributed by atoms with E-state index in [1.165, 1.54) is 56.9 Å². The van der Waals surface area contributed by atoms with Crippen molar-refractivity contribution in [1.29, 1.82) is 0 Å². The molecule has 0 atom stereocenters. The minimum absolute atomic E-state index is 0.611. The van der Waals surface area contributed by atoms with Crippen LogP contribution in [0.3, 0.4) is 0 Å². The zero-order chi connectivity index (χ0) is 22.2. The number of unbranched alkanes of at least 4 members (excludes halogenated alkanes) is 5. The van der Waals surface area contributed by atoms with Gasteiger partial charge in [0, 0.05) is 19.7 Å². The van der Waals surface area contributed by atoms with Crippen molar-refractivity contribution in [1.82, 2.24) is 10.9 Å². The summed E-state index contributed by atoms with van der Waals surface area (Å²) < 4.78 is 16.6. The Morgan fingerprint density at radius 1 is 0.871 bits per heavy atom. The number of hydrogen-bond donors (Lipinski definition) is 2. The maximum atomic E-state index is 5.60. The lowest BCUT2D eigenvalue weighted by molar-refractivity contribution is -0.0248. The Labute approximate surface area is 190 Å². The molecule has 178 valence electrons. The van der Waals surface area contributed by atoms with Crippen molar-refractivity contribution in [3.8, 4) is 11.5 Å². The average Bonchev–Trinajstić information content (AvgIpc) is 2.77. The second kappa shape index (κ2) is 16.3. The second-order valence-corrected chi connectivity index (χ2v) is 8.92. The molecule has 1 aliphatic carbocycles.